The molecule has 0 aromatic heterocycles. The zero-order chi connectivity index (χ0) is 14.0. The van der Waals surface area contributed by atoms with Crippen LogP contribution in [0.25, 0.3) is 0 Å². The Hall–Kier alpha value is -0.990. The van der Waals surface area contributed by atoms with E-state index in [-0.39, 0.29) is 0 Å². The Labute approximate surface area is 121 Å². The van der Waals surface area contributed by atoms with Gasteiger partial charge in [-0.3, -0.25) is 4.90 Å². The van der Waals surface area contributed by atoms with Gasteiger partial charge in [0.15, 0.2) is 0 Å². The van der Waals surface area contributed by atoms with Crippen molar-refractivity contribution in [2.45, 2.75) is 33.7 Å². The summed E-state index contributed by atoms with van der Waals surface area (Å²) in [7, 11) is 0. The van der Waals surface area contributed by atoms with Crippen LogP contribution in [0.15, 0.2) is 29.8 Å². The SMILES string of the molecule is CC(C)(C)C1=CCN(Cc2cc(N)ccc2Cl)CC1. The van der Waals surface area contributed by atoms with Crippen LogP contribution in [0, 0.1) is 5.41 Å². The number of rotatable bonds is 2. The van der Waals surface area contributed by atoms with Gasteiger partial charge >= 0.3 is 0 Å². The van der Waals surface area contributed by atoms with Gasteiger partial charge in [0, 0.05) is 30.3 Å². The summed E-state index contributed by atoms with van der Waals surface area (Å²) < 4.78 is 0. The van der Waals surface area contributed by atoms with Crippen LogP contribution in [0.5, 0.6) is 0 Å². The minimum atomic E-state index is 0.293. The molecule has 0 atom stereocenters. The van der Waals surface area contributed by atoms with Crippen molar-refractivity contribution in [1.82, 2.24) is 4.90 Å². The smallest absolute Gasteiger partial charge is 0.0452 e. The van der Waals surface area contributed by atoms with E-state index in [2.05, 4.69) is 31.7 Å². The quantitative estimate of drug-likeness (QED) is 0.652. The van der Waals surface area contributed by atoms with Crippen molar-refractivity contribution in [3.63, 3.8) is 0 Å². The monoisotopic (exact) mass is 278 g/mol. The van der Waals surface area contributed by atoms with E-state index in [0.717, 1.165) is 42.3 Å². The van der Waals surface area contributed by atoms with Crippen molar-refractivity contribution in [3.8, 4) is 0 Å². The zero-order valence-corrected chi connectivity index (χ0v) is 12.8. The summed E-state index contributed by atoms with van der Waals surface area (Å²) in [6.07, 6.45) is 3.51. The highest BCUT2D eigenvalue weighted by Gasteiger charge is 2.21. The van der Waals surface area contributed by atoms with Crippen molar-refractivity contribution in [3.05, 3.63) is 40.4 Å². The Bertz CT molecular complexity index is 486. The molecule has 2 nitrogen and oxygen atoms in total. The Balaban J connectivity index is 2.03. The fraction of sp³-hybridized carbons (Fsp3) is 0.500. The lowest BCUT2D eigenvalue weighted by Crippen LogP contribution is -2.31. The molecule has 1 aromatic carbocycles. The highest BCUT2D eigenvalue weighted by molar-refractivity contribution is 6.31. The van der Waals surface area contributed by atoms with Crippen molar-refractivity contribution >= 4 is 17.3 Å². The highest BCUT2D eigenvalue weighted by Crippen LogP contribution is 2.31. The standard InChI is InChI=1S/C16H23ClN2/c1-16(2,3)13-6-8-19(9-7-13)11-12-10-14(18)4-5-15(12)17/h4-6,10H,7-9,11,18H2,1-3H3. The Morgan fingerprint density at radius 3 is 2.63 bits per heavy atom. The molecule has 0 amide bonds. The third-order valence-corrected chi connectivity index (χ3v) is 4.09. The van der Waals surface area contributed by atoms with Crippen LogP contribution in [0.2, 0.25) is 5.02 Å². The molecule has 0 fully saturated rings. The lowest BCUT2D eigenvalue weighted by molar-refractivity contribution is 0.271. The second kappa shape index (κ2) is 5.56. The molecule has 1 aliphatic rings. The van der Waals surface area contributed by atoms with E-state index in [1.807, 2.05) is 18.2 Å². The number of hydrogen-bond acceptors (Lipinski definition) is 2. The van der Waals surface area contributed by atoms with Gasteiger partial charge in [-0.25, -0.2) is 0 Å². The first-order valence-corrected chi connectivity index (χ1v) is 7.20. The van der Waals surface area contributed by atoms with Gasteiger partial charge in [0.1, 0.15) is 0 Å². The van der Waals surface area contributed by atoms with Crippen LogP contribution in [0.1, 0.15) is 32.8 Å². The maximum absolute atomic E-state index is 6.22. The van der Waals surface area contributed by atoms with Crippen molar-refractivity contribution in [1.29, 1.82) is 0 Å². The van der Waals surface area contributed by atoms with Crippen molar-refractivity contribution < 1.29 is 0 Å². The van der Waals surface area contributed by atoms with Gasteiger partial charge in [-0.1, -0.05) is 44.0 Å². The molecule has 0 saturated carbocycles. The molecule has 0 saturated heterocycles. The second-order valence-electron chi connectivity index (χ2n) is 6.32. The molecule has 3 heteroatoms. The topological polar surface area (TPSA) is 29.3 Å². The average molecular weight is 279 g/mol. The fourth-order valence-electron chi connectivity index (χ4n) is 2.49. The first-order chi connectivity index (χ1) is 8.86. The number of nitrogen functional groups attached to an aromatic ring is 1. The minimum absolute atomic E-state index is 0.293. The highest BCUT2D eigenvalue weighted by atomic mass is 35.5. The Morgan fingerprint density at radius 1 is 1.32 bits per heavy atom. The van der Waals surface area contributed by atoms with E-state index in [0.29, 0.717) is 5.41 Å². The van der Waals surface area contributed by atoms with E-state index >= 15 is 0 Å². The fourth-order valence-corrected chi connectivity index (χ4v) is 2.67. The number of hydrogen-bond donors (Lipinski definition) is 1. The Morgan fingerprint density at radius 2 is 2.05 bits per heavy atom. The van der Waals surface area contributed by atoms with Gasteiger partial charge in [0.05, 0.1) is 0 Å². The van der Waals surface area contributed by atoms with Crippen molar-refractivity contribution in [2.24, 2.45) is 5.41 Å². The average Bonchev–Trinajstić information content (AvgIpc) is 2.33. The molecule has 0 radical (unpaired) electrons. The Kier molecular flexibility index (Phi) is 4.22. The number of nitrogens with zero attached hydrogens (tertiary/aromatic N) is 1. The van der Waals surface area contributed by atoms with Crippen LogP contribution < -0.4 is 5.73 Å². The predicted octanol–water partition coefficient (Wildman–Crippen LogP) is 4.10. The largest absolute Gasteiger partial charge is 0.399 e. The maximum atomic E-state index is 6.22. The molecular formula is C16H23ClN2. The summed E-state index contributed by atoms with van der Waals surface area (Å²) in [6.45, 7) is 9.81. The van der Waals surface area contributed by atoms with E-state index in [4.69, 9.17) is 17.3 Å². The van der Waals surface area contributed by atoms with Gasteiger partial charge in [-0.05, 0) is 35.6 Å². The molecule has 19 heavy (non-hydrogen) atoms. The van der Waals surface area contributed by atoms with E-state index in [9.17, 15) is 0 Å². The molecule has 2 N–H and O–H groups in total. The van der Waals surface area contributed by atoms with Gasteiger partial charge in [0.2, 0.25) is 0 Å². The molecular weight excluding hydrogens is 256 g/mol. The summed E-state index contributed by atoms with van der Waals surface area (Å²) >= 11 is 6.22. The van der Waals surface area contributed by atoms with Crippen LogP contribution in [0.4, 0.5) is 5.69 Å². The summed E-state index contributed by atoms with van der Waals surface area (Å²) in [5.74, 6) is 0. The molecule has 0 aliphatic carbocycles. The predicted molar refractivity (Wildman–Crippen MR) is 83.3 cm³/mol. The number of halogens is 1. The van der Waals surface area contributed by atoms with Gasteiger partial charge in [-0.15, -0.1) is 0 Å². The van der Waals surface area contributed by atoms with Gasteiger partial charge in [0.25, 0.3) is 0 Å². The lowest BCUT2D eigenvalue weighted by Gasteiger charge is -2.32. The van der Waals surface area contributed by atoms with Crippen LogP contribution in [-0.4, -0.2) is 18.0 Å². The maximum Gasteiger partial charge on any atom is 0.0452 e. The van der Waals surface area contributed by atoms with Crippen LogP contribution >= 0.6 is 11.6 Å². The molecule has 1 aliphatic heterocycles. The molecule has 104 valence electrons. The molecule has 0 bridgehead atoms. The van der Waals surface area contributed by atoms with E-state index in [1.165, 1.54) is 0 Å². The van der Waals surface area contributed by atoms with Crippen LogP contribution in [0.3, 0.4) is 0 Å². The van der Waals surface area contributed by atoms with Gasteiger partial charge < -0.3 is 5.73 Å². The van der Waals surface area contributed by atoms with Gasteiger partial charge in [-0.2, -0.15) is 0 Å². The minimum Gasteiger partial charge on any atom is -0.399 e. The lowest BCUT2D eigenvalue weighted by atomic mass is 9.83. The molecule has 0 spiro atoms. The van der Waals surface area contributed by atoms with E-state index < -0.39 is 0 Å². The molecule has 1 aromatic rings. The summed E-state index contributed by atoms with van der Waals surface area (Å²) in [6, 6.07) is 5.71. The normalized spacial score (nSPS) is 17.4. The second-order valence-corrected chi connectivity index (χ2v) is 6.72. The van der Waals surface area contributed by atoms with Crippen LogP contribution in [-0.2, 0) is 6.54 Å². The summed E-state index contributed by atoms with van der Waals surface area (Å²) in [5, 5.41) is 0.805. The number of benzene rings is 1. The molecule has 0 unspecified atom stereocenters. The summed E-state index contributed by atoms with van der Waals surface area (Å²) in [5.41, 5.74) is 9.57. The zero-order valence-electron chi connectivity index (χ0n) is 12.0. The molecule has 1 heterocycles. The first-order valence-electron chi connectivity index (χ1n) is 6.82. The molecule has 2 rings (SSSR count). The first kappa shape index (κ1) is 14.4. The van der Waals surface area contributed by atoms with E-state index in [1.54, 1.807) is 5.57 Å². The number of nitrogens with two attached hydrogens (primary N) is 1. The summed E-state index contributed by atoms with van der Waals surface area (Å²) in [4.78, 5) is 2.41. The third kappa shape index (κ3) is 3.74. The van der Waals surface area contributed by atoms with Crippen molar-refractivity contribution in [2.75, 3.05) is 18.8 Å². The number of anilines is 1. The third-order valence-electron chi connectivity index (χ3n) is 3.72.